The number of aryl methyl sites for hydroxylation is 1. The van der Waals surface area contributed by atoms with E-state index in [1.165, 1.54) is 11.9 Å². The SMILES string of the molecule is COc1c(Cl)ncnc1N(C)c1cccc(C)c1. The monoisotopic (exact) mass is 263 g/mol. The van der Waals surface area contributed by atoms with Gasteiger partial charge in [-0.2, -0.15) is 0 Å². The van der Waals surface area contributed by atoms with Crippen LogP contribution in [0.2, 0.25) is 5.15 Å². The van der Waals surface area contributed by atoms with Crippen LogP contribution in [0.1, 0.15) is 5.56 Å². The van der Waals surface area contributed by atoms with E-state index < -0.39 is 0 Å². The van der Waals surface area contributed by atoms with Crippen LogP contribution in [0.4, 0.5) is 11.5 Å². The molecule has 2 rings (SSSR count). The van der Waals surface area contributed by atoms with Crippen molar-refractivity contribution in [3.05, 3.63) is 41.3 Å². The number of hydrogen-bond acceptors (Lipinski definition) is 4. The summed E-state index contributed by atoms with van der Waals surface area (Å²) in [7, 11) is 3.47. The second-order valence-corrected chi connectivity index (χ2v) is 4.28. The molecule has 0 spiro atoms. The summed E-state index contributed by atoms with van der Waals surface area (Å²) < 4.78 is 5.25. The Morgan fingerprint density at radius 3 is 2.72 bits per heavy atom. The van der Waals surface area contributed by atoms with Crippen molar-refractivity contribution in [3.8, 4) is 5.75 Å². The Bertz CT molecular complexity index is 560. The van der Waals surface area contributed by atoms with Crippen molar-refractivity contribution >= 4 is 23.1 Å². The van der Waals surface area contributed by atoms with Crippen LogP contribution in [-0.2, 0) is 0 Å². The maximum absolute atomic E-state index is 5.99. The number of aromatic nitrogens is 2. The average Bonchev–Trinajstić information content (AvgIpc) is 2.37. The summed E-state index contributed by atoms with van der Waals surface area (Å²) in [5.74, 6) is 1.12. The molecule has 0 unspecified atom stereocenters. The number of ether oxygens (including phenoxy) is 1. The Hall–Kier alpha value is -1.81. The molecule has 1 aromatic heterocycles. The molecule has 1 aromatic carbocycles. The van der Waals surface area contributed by atoms with Gasteiger partial charge in [-0.3, -0.25) is 0 Å². The van der Waals surface area contributed by atoms with Gasteiger partial charge in [0.2, 0.25) is 0 Å². The van der Waals surface area contributed by atoms with Crippen LogP contribution in [0.25, 0.3) is 0 Å². The minimum absolute atomic E-state index is 0.307. The lowest BCUT2D eigenvalue weighted by atomic mass is 10.2. The van der Waals surface area contributed by atoms with Gasteiger partial charge in [-0.25, -0.2) is 9.97 Å². The molecule has 0 atom stereocenters. The molecule has 5 heteroatoms. The zero-order valence-electron chi connectivity index (χ0n) is 10.5. The van der Waals surface area contributed by atoms with Crippen LogP contribution in [0.15, 0.2) is 30.6 Å². The molecule has 0 amide bonds. The highest BCUT2D eigenvalue weighted by molar-refractivity contribution is 6.31. The van der Waals surface area contributed by atoms with Crippen LogP contribution in [0.3, 0.4) is 0 Å². The Kier molecular flexibility index (Phi) is 3.67. The summed E-state index contributed by atoms with van der Waals surface area (Å²) in [6, 6.07) is 8.11. The molecule has 0 aliphatic rings. The summed E-state index contributed by atoms with van der Waals surface area (Å²) in [6.45, 7) is 2.04. The van der Waals surface area contributed by atoms with Gasteiger partial charge in [0.1, 0.15) is 6.33 Å². The number of hydrogen-bond donors (Lipinski definition) is 0. The number of anilines is 2. The molecule has 0 aliphatic heterocycles. The lowest BCUT2D eigenvalue weighted by Gasteiger charge is -2.20. The zero-order valence-corrected chi connectivity index (χ0v) is 11.3. The Balaban J connectivity index is 2.46. The van der Waals surface area contributed by atoms with E-state index in [1.807, 2.05) is 37.1 Å². The van der Waals surface area contributed by atoms with Crippen LogP contribution < -0.4 is 9.64 Å². The van der Waals surface area contributed by atoms with Crippen molar-refractivity contribution in [2.75, 3.05) is 19.1 Å². The molecule has 0 aliphatic carbocycles. The first kappa shape index (κ1) is 12.6. The molecule has 4 nitrogen and oxygen atoms in total. The van der Waals surface area contributed by atoms with Gasteiger partial charge < -0.3 is 9.64 Å². The first-order valence-electron chi connectivity index (χ1n) is 5.48. The van der Waals surface area contributed by atoms with E-state index in [0.29, 0.717) is 16.7 Å². The smallest absolute Gasteiger partial charge is 0.199 e. The van der Waals surface area contributed by atoms with E-state index in [9.17, 15) is 0 Å². The fourth-order valence-electron chi connectivity index (χ4n) is 1.72. The Morgan fingerprint density at radius 2 is 2.06 bits per heavy atom. The number of benzene rings is 1. The number of rotatable bonds is 3. The van der Waals surface area contributed by atoms with E-state index in [2.05, 4.69) is 16.0 Å². The van der Waals surface area contributed by atoms with E-state index >= 15 is 0 Å². The maximum Gasteiger partial charge on any atom is 0.199 e. The Morgan fingerprint density at radius 1 is 1.28 bits per heavy atom. The molecule has 0 bridgehead atoms. The van der Waals surface area contributed by atoms with Crippen molar-refractivity contribution < 1.29 is 4.74 Å². The van der Waals surface area contributed by atoms with Crippen LogP contribution >= 0.6 is 11.6 Å². The Labute approximate surface area is 111 Å². The van der Waals surface area contributed by atoms with Crippen LogP contribution in [0.5, 0.6) is 5.75 Å². The average molecular weight is 264 g/mol. The molecular formula is C13H14ClN3O. The number of methoxy groups -OCH3 is 1. The first-order valence-corrected chi connectivity index (χ1v) is 5.86. The summed E-state index contributed by atoms with van der Waals surface area (Å²) in [5.41, 5.74) is 2.20. The highest BCUT2D eigenvalue weighted by Crippen LogP contribution is 2.34. The maximum atomic E-state index is 5.99. The van der Waals surface area contributed by atoms with E-state index in [1.54, 1.807) is 7.11 Å². The van der Waals surface area contributed by atoms with Gasteiger partial charge in [0, 0.05) is 12.7 Å². The third kappa shape index (κ3) is 2.38. The van der Waals surface area contributed by atoms with Gasteiger partial charge in [-0.15, -0.1) is 0 Å². The van der Waals surface area contributed by atoms with E-state index in [0.717, 1.165) is 5.69 Å². The van der Waals surface area contributed by atoms with E-state index in [-0.39, 0.29) is 0 Å². The third-order valence-electron chi connectivity index (χ3n) is 2.65. The van der Waals surface area contributed by atoms with Gasteiger partial charge >= 0.3 is 0 Å². The van der Waals surface area contributed by atoms with Crippen molar-refractivity contribution in [3.63, 3.8) is 0 Å². The van der Waals surface area contributed by atoms with Crippen LogP contribution in [-0.4, -0.2) is 24.1 Å². The summed E-state index contributed by atoms with van der Waals surface area (Å²) >= 11 is 5.99. The first-order chi connectivity index (χ1) is 8.63. The lowest BCUT2D eigenvalue weighted by Crippen LogP contribution is -2.13. The zero-order chi connectivity index (χ0) is 13.1. The predicted octanol–water partition coefficient (Wildman–Crippen LogP) is 3.21. The van der Waals surface area contributed by atoms with Crippen molar-refractivity contribution in [2.45, 2.75) is 6.92 Å². The van der Waals surface area contributed by atoms with Gasteiger partial charge in [0.25, 0.3) is 0 Å². The largest absolute Gasteiger partial charge is 0.490 e. The summed E-state index contributed by atoms with van der Waals surface area (Å²) in [5, 5.41) is 0.307. The molecule has 0 fully saturated rings. The second kappa shape index (κ2) is 5.23. The molecule has 0 saturated carbocycles. The minimum atomic E-state index is 0.307. The molecular weight excluding hydrogens is 250 g/mol. The van der Waals surface area contributed by atoms with Crippen molar-refractivity contribution in [1.82, 2.24) is 9.97 Å². The second-order valence-electron chi connectivity index (χ2n) is 3.92. The minimum Gasteiger partial charge on any atom is -0.490 e. The normalized spacial score (nSPS) is 10.2. The molecule has 0 N–H and O–H groups in total. The molecule has 1 heterocycles. The fraction of sp³-hybridized carbons (Fsp3) is 0.231. The standard InChI is InChI=1S/C13H14ClN3O/c1-9-5-4-6-10(7-9)17(2)13-11(18-3)12(14)15-8-16-13/h4-8H,1-3H3. The van der Waals surface area contributed by atoms with Crippen molar-refractivity contribution in [1.29, 1.82) is 0 Å². The molecule has 2 aromatic rings. The van der Waals surface area contributed by atoms with Crippen molar-refractivity contribution in [2.24, 2.45) is 0 Å². The molecule has 0 saturated heterocycles. The van der Waals surface area contributed by atoms with Gasteiger partial charge in [0.15, 0.2) is 16.7 Å². The lowest BCUT2D eigenvalue weighted by molar-refractivity contribution is 0.412. The van der Waals surface area contributed by atoms with E-state index in [4.69, 9.17) is 16.3 Å². The number of halogens is 1. The quantitative estimate of drug-likeness (QED) is 0.797. The molecule has 0 radical (unpaired) electrons. The highest BCUT2D eigenvalue weighted by atomic mass is 35.5. The number of nitrogens with zero attached hydrogens (tertiary/aromatic N) is 3. The molecule has 18 heavy (non-hydrogen) atoms. The van der Waals surface area contributed by atoms with Crippen LogP contribution in [0, 0.1) is 6.92 Å². The highest BCUT2D eigenvalue weighted by Gasteiger charge is 2.15. The predicted molar refractivity (Wildman–Crippen MR) is 72.8 cm³/mol. The third-order valence-corrected chi connectivity index (χ3v) is 2.92. The molecule has 94 valence electrons. The van der Waals surface area contributed by atoms with Gasteiger partial charge in [-0.1, -0.05) is 23.7 Å². The fourth-order valence-corrected chi connectivity index (χ4v) is 1.92. The summed E-state index contributed by atoms with van der Waals surface area (Å²) in [6.07, 6.45) is 1.42. The van der Waals surface area contributed by atoms with Gasteiger partial charge in [-0.05, 0) is 24.6 Å². The van der Waals surface area contributed by atoms with Gasteiger partial charge in [0.05, 0.1) is 7.11 Å². The summed E-state index contributed by atoms with van der Waals surface area (Å²) in [4.78, 5) is 10.0. The topological polar surface area (TPSA) is 38.3 Å².